The number of sulfonamides is 2. The van der Waals surface area contributed by atoms with Crippen LogP contribution in [0.1, 0.15) is 16.1 Å². The summed E-state index contributed by atoms with van der Waals surface area (Å²) in [5.74, 6) is -0.970. The second-order valence-electron chi connectivity index (χ2n) is 6.21. The fraction of sp³-hybridized carbons (Fsp3) is 0.105. The van der Waals surface area contributed by atoms with E-state index in [2.05, 4.69) is 9.44 Å². The van der Waals surface area contributed by atoms with Crippen LogP contribution in [0.15, 0.2) is 75.1 Å². The molecule has 0 saturated heterocycles. The molecule has 0 bridgehead atoms. The molecule has 0 aliphatic carbocycles. The third-order valence-corrected chi connectivity index (χ3v) is 6.91. The van der Waals surface area contributed by atoms with Gasteiger partial charge in [0, 0.05) is 0 Å². The van der Waals surface area contributed by atoms with Crippen molar-refractivity contribution in [1.29, 1.82) is 0 Å². The van der Waals surface area contributed by atoms with Crippen LogP contribution in [0, 0.1) is 0 Å². The van der Waals surface area contributed by atoms with Crippen molar-refractivity contribution in [3.63, 3.8) is 0 Å². The van der Waals surface area contributed by atoms with E-state index >= 15 is 0 Å². The van der Waals surface area contributed by atoms with Crippen molar-refractivity contribution in [1.82, 2.24) is 4.72 Å². The summed E-state index contributed by atoms with van der Waals surface area (Å²) in [6.07, 6.45) is 1.41. The van der Waals surface area contributed by atoms with Crippen molar-refractivity contribution in [2.24, 2.45) is 0 Å². The van der Waals surface area contributed by atoms with Crippen LogP contribution in [0.2, 0.25) is 0 Å². The molecule has 12 heteroatoms. The van der Waals surface area contributed by atoms with Gasteiger partial charge in [0.1, 0.15) is 16.4 Å². The number of carboxylic acid groups (broad SMARTS) is 1. The average Bonchev–Trinajstić information content (AvgIpc) is 3.25. The second-order valence-corrected chi connectivity index (χ2v) is 9.63. The lowest BCUT2D eigenvalue weighted by Gasteiger charge is -2.13. The Morgan fingerprint density at radius 1 is 1.03 bits per heavy atom. The summed E-state index contributed by atoms with van der Waals surface area (Å²) in [6, 6.07) is 11.8. The molecule has 2 aromatic carbocycles. The van der Waals surface area contributed by atoms with Gasteiger partial charge in [-0.3, -0.25) is 4.72 Å². The molecule has 3 aromatic rings. The largest absolute Gasteiger partial charge is 0.495 e. The number of benzene rings is 2. The van der Waals surface area contributed by atoms with Crippen LogP contribution in [0.25, 0.3) is 0 Å². The van der Waals surface area contributed by atoms with E-state index in [1.807, 2.05) is 0 Å². The van der Waals surface area contributed by atoms with E-state index in [0.29, 0.717) is 5.76 Å². The van der Waals surface area contributed by atoms with E-state index in [1.165, 1.54) is 43.7 Å². The smallest absolute Gasteiger partial charge is 0.335 e. The van der Waals surface area contributed by atoms with E-state index in [-0.39, 0.29) is 28.4 Å². The molecule has 0 radical (unpaired) electrons. The third kappa shape index (κ3) is 5.23. The van der Waals surface area contributed by atoms with Crippen molar-refractivity contribution in [2.75, 3.05) is 11.8 Å². The number of hydrogen-bond donors (Lipinski definition) is 3. The fourth-order valence-electron chi connectivity index (χ4n) is 2.62. The molecular formula is C19H18N2O8S2. The number of carboxylic acids is 1. The molecule has 164 valence electrons. The quantitative estimate of drug-likeness (QED) is 0.434. The number of aromatic carboxylic acids is 1. The van der Waals surface area contributed by atoms with Crippen molar-refractivity contribution in [3.8, 4) is 5.75 Å². The summed E-state index contributed by atoms with van der Waals surface area (Å²) in [4.78, 5) is 10.6. The Hall–Kier alpha value is -3.35. The van der Waals surface area contributed by atoms with Gasteiger partial charge in [-0.2, -0.15) is 0 Å². The van der Waals surface area contributed by atoms with E-state index in [0.717, 1.165) is 12.1 Å². The first kappa shape index (κ1) is 22.3. The van der Waals surface area contributed by atoms with Crippen LogP contribution in [-0.4, -0.2) is 35.0 Å². The van der Waals surface area contributed by atoms with E-state index in [4.69, 9.17) is 14.3 Å². The summed E-state index contributed by atoms with van der Waals surface area (Å²) >= 11 is 0. The third-order valence-electron chi connectivity index (χ3n) is 4.11. The molecule has 3 rings (SSSR count). The van der Waals surface area contributed by atoms with E-state index < -0.39 is 30.9 Å². The fourth-order valence-corrected chi connectivity index (χ4v) is 4.90. The predicted molar refractivity (Wildman–Crippen MR) is 110 cm³/mol. The molecule has 0 unspecified atom stereocenters. The second kappa shape index (κ2) is 8.79. The van der Waals surface area contributed by atoms with Gasteiger partial charge in [0.15, 0.2) is 0 Å². The highest BCUT2D eigenvalue weighted by Gasteiger charge is 2.23. The molecule has 1 heterocycles. The van der Waals surface area contributed by atoms with Crippen LogP contribution in [0.5, 0.6) is 5.75 Å². The minimum Gasteiger partial charge on any atom is -0.495 e. The minimum absolute atomic E-state index is 0.0383. The lowest BCUT2D eigenvalue weighted by molar-refractivity contribution is 0.0696. The molecule has 0 fully saturated rings. The van der Waals surface area contributed by atoms with Crippen LogP contribution in [-0.2, 0) is 26.6 Å². The van der Waals surface area contributed by atoms with Gasteiger partial charge in [-0.05, 0) is 48.5 Å². The van der Waals surface area contributed by atoms with Gasteiger partial charge in [-0.15, -0.1) is 0 Å². The van der Waals surface area contributed by atoms with Gasteiger partial charge in [-0.25, -0.2) is 26.4 Å². The maximum absolute atomic E-state index is 12.8. The lowest BCUT2D eigenvalue weighted by Crippen LogP contribution is -2.23. The van der Waals surface area contributed by atoms with Gasteiger partial charge in [0.25, 0.3) is 10.0 Å². The molecule has 0 aliphatic rings. The molecule has 1 aromatic heterocycles. The van der Waals surface area contributed by atoms with Gasteiger partial charge < -0.3 is 14.3 Å². The van der Waals surface area contributed by atoms with E-state index in [1.54, 1.807) is 12.1 Å². The van der Waals surface area contributed by atoms with Crippen molar-refractivity contribution in [3.05, 3.63) is 72.2 Å². The van der Waals surface area contributed by atoms with Crippen LogP contribution in [0.3, 0.4) is 0 Å². The number of ether oxygens (including phenoxy) is 1. The topological polar surface area (TPSA) is 152 Å². The molecule has 0 atom stereocenters. The molecule has 3 N–H and O–H groups in total. The molecule has 0 amide bonds. The minimum atomic E-state index is -4.29. The SMILES string of the molecule is COc1ccc(C(=O)O)cc1S(=O)(=O)Nc1cccc(S(=O)(=O)NCc2ccco2)c1. The molecule has 0 spiro atoms. The zero-order valence-corrected chi connectivity index (χ0v) is 17.7. The van der Waals surface area contributed by atoms with Gasteiger partial charge in [0.05, 0.1) is 36.1 Å². The standard InChI is InChI=1S/C19H18N2O8S2/c1-28-17-8-7-13(19(22)23)10-18(17)31(26,27)21-14-4-2-6-16(11-14)30(24,25)20-12-15-5-3-9-29-15/h2-11,20-21H,12H2,1H3,(H,22,23). The number of rotatable bonds is 9. The summed E-state index contributed by atoms with van der Waals surface area (Å²) in [7, 11) is -7.01. The van der Waals surface area contributed by atoms with E-state index in [9.17, 15) is 21.6 Å². The number of hydrogen-bond acceptors (Lipinski definition) is 7. The zero-order valence-electron chi connectivity index (χ0n) is 16.1. The molecular weight excluding hydrogens is 448 g/mol. The van der Waals surface area contributed by atoms with Gasteiger partial charge in [0.2, 0.25) is 10.0 Å². The highest BCUT2D eigenvalue weighted by atomic mass is 32.2. The zero-order chi connectivity index (χ0) is 22.6. The number of carbonyl (C=O) groups is 1. The predicted octanol–water partition coefficient (Wildman–Crippen LogP) is 2.27. The molecule has 0 saturated carbocycles. The molecule has 31 heavy (non-hydrogen) atoms. The summed E-state index contributed by atoms with van der Waals surface area (Å²) in [5.41, 5.74) is -0.289. The van der Waals surface area contributed by atoms with Gasteiger partial charge >= 0.3 is 5.97 Å². The number of methoxy groups -OCH3 is 1. The Bertz CT molecular complexity index is 1300. The number of anilines is 1. The van der Waals surface area contributed by atoms with Crippen molar-refractivity contribution in [2.45, 2.75) is 16.3 Å². The van der Waals surface area contributed by atoms with Crippen molar-refractivity contribution < 1.29 is 35.9 Å². The van der Waals surface area contributed by atoms with Crippen LogP contribution in [0.4, 0.5) is 5.69 Å². The number of furan rings is 1. The highest BCUT2D eigenvalue weighted by Crippen LogP contribution is 2.27. The van der Waals surface area contributed by atoms with Crippen LogP contribution >= 0.6 is 0 Å². The molecule has 0 aliphatic heterocycles. The Morgan fingerprint density at radius 3 is 2.45 bits per heavy atom. The number of nitrogens with one attached hydrogen (secondary N) is 2. The Morgan fingerprint density at radius 2 is 1.81 bits per heavy atom. The summed E-state index contributed by atoms with van der Waals surface area (Å²) < 4.78 is 65.4. The first-order chi connectivity index (χ1) is 14.6. The van der Waals surface area contributed by atoms with Gasteiger partial charge in [-0.1, -0.05) is 6.07 Å². The van der Waals surface area contributed by atoms with Crippen molar-refractivity contribution >= 4 is 31.7 Å². The Labute approximate surface area is 178 Å². The summed E-state index contributed by atoms with van der Waals surface area (Å²) in [5, 5.41) is 9.14. The maximum Gasteiger partial charge on any atom is 0.335 e. The Balaban J connectivity index is 1.88. The average molecular weight is 466 g/mol. The summed E-state index contributed by atoms with van der Waals surface area (Å²) in [6.45, 7) is -0.0789. The normalized spacial score (nSPS) is 11.8. The lowest BCUT2D eigenvalue weighted by atomic mass is 10.2. The highest BCUT2D eigenvalue weighted by molar-refractivity contribution is 7.92. The first-order valence-electron chi connectivity index (χ1n) is 8.68. The maximum atomic E-state index is 12.8. The van der Waals surface area contributed by atoms with Crippen LogP contribution < -0.4 is 14.2 Å². The molecule has 10 nitrogen and oxygen atoms in total. The monoisotopic (exact) mass is 466 g/mol. The first-order valence-corrected chi connectivity index (χ1v) is 11.7. The Kier molecular flexibility index (Phi) is 6.34.